The lowest BCUT2D eigenvalue weighted by Crippen LogP contribution is -2.26. The van der Waals surface area contributed by atoms with Crippen molar-refractivity contribution in [2.45, 2.75) is 25.4 Å². The van der Waals surface area contributed by atoms with Crippen LogP contribution in [0.5, 0.6) is 5.75 Å². The van der Waals surface area contributed by atoms with Gasteiger partial charge in [-0.3, -0.25) is 4.79 Å². The van der Waals surface area contributed by atoms with Crippen LogP contribution in [-0.2, 0) is 6.54 Å². The summed E-state index contributed by atoms with van der Waals surface area (Å²) in [4.78, 5) is 12.3. The second-order valence-electron chi connectivity index (χ2n) is 5.50. The molecule has 0 heterocycles. The Kier molecular flexibility index (Phi) is 4.28. The summed E-state index contributed by atoms with van der Waals surface area (Å²) in [6.07, 6.45) is 2.18. The number of amides is 1. The van der Waals surface area contributed by atoms with E-state index >= 15 is 0 Å². The molecule has 0 atom stereocenters. The fraction of sp³-hybridized carbons (Fsp3) is 0.278. The molecular weight excluding hydrogens is 276 g/mol. The fourth-order valence-corrected chi connectivity index (χ4v) is 2.31. The van der Waals surface area contributed by atoms with Crippen molar-refractivity contribution in [2.75, 3.05) is 12.4 Å². The van der Waals surface area contributed by atoms with Crippen molar-refractivity contribution >= 4 is 11.6 Å². The van der Waals surface area contributed by atoms with Crippen LogP contribution < -0.4 is 15.4 Å². The van der Waals surface area contributed by atoms with Gasteiger partial charge in [0.05, 0.1) is 12.7 Å². The zero-order valence-electron chi connectivity index (χ0n) is 12.6. The lowest BCUT2D eigenvalue weighted by Gasteiger charge is -2.12. The molecule has 114 valence electrons. The van der Waals surface area contributed by atoms with E-state index in [0.29, 0.717) is 18.2 Å². The van der Waals surface area contributed by atoms with Crippen molar-refractivity contribution in [1.29, 1.82) is 0 Å². The Bertz CT molecular complexity index is 666. The number of benzene rings is 2. The highest BCUT2D eigenvalue weighted by molar-refractivity contribution is 5.99. The summed E-state index contributed by atoms with van der Waals surface area (Å²) in [5, 5.41) is 6.37. The number of ether oxygens (including phenoxy) is 1. The molecule has 1 saturated carbocycles. The van der Waals surface area contributed by atoms with Gasteiger partial charge >= 0.3 is 0 Å². The molecule has 0 spiro atoms. The van der Waals surface area contributed by atoms with Gasteiger partial charge < -0.3 is 15.4 Å². The molecule has 3 rings (SSSR count). The molecule has 2 N–H and O–H groups in total. The Balaban J connectivity index is 1.70. The van der Waals surface area contributed by atoms with Crippen LogP contribution in [0.15, 0.2) is 48.5 Å². The molecule has 0 radical (unpaired) electrons. The minimum Gasteiger partial charge on any atom is -0.497 e. The van der Waals surface area contributed by atoms with Crippen LogP contribution in [0.3, 0.4) is 0 Å². The highest BCUT2D eigenvalue weighted by Crippen LogP contribution is 2.22. The summed E-state index contributed by atoms with van der Waals surface area (Å²) in [6.45, 7) is 0.644. The van der Waals surface area contributed by atoms with Gasteiger partial charge in [0, 0.05) is 18.3 Å². The lowest BCUT2D eigenvalue weighted by molar-refractivity contribution is 0.0952. The predicted molar refractivity (Wildman–Crippen MR) is 87.3 cm³/mol. The molecule has 0 aliphatic heterocycles. The normalized spacial score (nSPS) is 13.5. The number of carbonyl (C=O) groups is 1. The monoisotopic (exact) mass is 296 g/mol. The summed E-state index contributed by atoms with van der Waals surface area (Å²) in [6, 6.07) is 15.9. The van der Waals surface area contributed by atoms with Crippen molar-refractivity contribution in [3.8, 4) is 5.75 Å². The quantitative estimate of drug-likeness (QED) is 0.860. The van der Waals surface area contributed by atoms with Gasteiger partial charge in [-0.2, -0.15) is 0 Å². The SMILES string of the molecule is COc1cccc(CNc2ccccc2C(=O)NC2CC2)c1. The van der Waals surface area contributed by atoms with Gasteiger partial charge in [0.15, 0.2) is 0 Å². The highest BCUT2D eigenvalue weighted by Gasteiger charge is 2.24. The minimum absolute atomic E-state index is 0.00348. The third-order valence-electron chi connectivity index (χ3n) is 3.70. The summed E-state index contributed by atoms with van der Waals surface area (Å²) < 4.78 is 5.23. The molecular formula is C18H20N2O2. The first-order valence-electron chi connectivity index (χ1n) is 7.53. The van der Waals surface area contributed by atoms with Gasteiger partial charge in [0.2, 0.25) is 0 Å². The van der Waals surface area contributed by atoms with Gasteiger partial charge in [-0.05, 0) is 42.7 Å². The standard InChI is InChI=1S/C18H20N2O2/c1-22-15-6-4-5-13(11-15)12-19-17-8-3-2-7-16(17)18(21)20-14-9-10-14/h2-8,11,14,19H,9-10,12H2,1H3,(H,20,21). The maximum absolute atomic E-state index is 12.3. The van der Waals surface area contributed by atoms with Crippen LogP contribution in [-0.4, -0.2) is 19.1 Å². The Morgan fingerprint density at radius 1 is 1.18 bits per heavy atom. The number of anilines is 1. The van der Waals surface area contributed by atoms with Crippen molar-refractivity contribution in [2.24, 2.45) is 0 Å². The van der Waals surface area contributed by atoms with Crippen LogP contribution >= 0.6 is 0 Å². The van der Waals surface area contributed by atoms with E-state index in [2.05, 4.69) is 10.6 Å². The van der Waals surface area contributed by atoms with E-state index in [1.807, 2.05) is 48.5 Å². The van der Waals surface area contributed by atoms with E-state index < -0.39 is 0 Å². The number of hydrogen-bond acceptors (Lipinski definition) is 3. The number of para-hydroxylation sites is 1. The summed E-state index contributed by atoms with van der Waals surface area (Å²) >= 11 is 0. The minimum atomic E-state index is -0.00348. The lowest BCUT2D eigenvalue weighted by atomic mass is 10.1. The molecule has 0 bridgehead atoms. The molecule has 22 heavy (non-hydrogen) atoms. The molecule has 1 fully saturated rings. The van der Waals surface area contributed by atoms with Gasteiger partial charge in [0.25, 0.3) is 5.91 Å². The van der Waals surface area contributed by atoms with E-state index in [-0.39, 0.29) is 5.91 Å². The highest BCUT2D eigenvalue weighted by atomic mass is 16.5. The smallest absolute Gasteiger partial charge is 0.253 e. The van der Waals surface area contributed by atoms with Crippen LogP contribution in [0.4, 0.5) is 5.69 Å². The zero-order chi connectivity index (χ0) is 15.4. The van der Waals surface area contributed by atoms with Crippen molar-refractivity contribution in [3.05, 3.63) is 59.7 Å². The van der Waals surface area contributed by atoms with Gasteiger partial charge in [0.1, 0.15) is 5.75 Å². The Labute approximate surface area is 130 Å². The summed E-state index contributed by atoms with van der Waals surface area (Å²) in [5.41, 5.74) is 2.65. The molecule has 0 unspecified atom stereocenters. The molecule has 1 aliphatic rings. The van der Waals surface area contributed by atoms with E-state index in [1.165, 1.54) is 0 Å². The second kappa shape index (κ2) is 6.52. The Morgan fingerprint density at radius 3 is 2.77 bits per heavy atom. The number of hydrogen-bond donors (Lipinski definition) is 2. The number of carbonyl (C=O) groups excluding carboxylic acids is 1. The number of methoxy groups -OCH3 is 1. The number of nitrogens with one attached hydrogen (secondary N) is 2. The van der Waals surface area contributed by atoms with Crippen LogP contribution in [0, 0.1) is 0 Å². The predicted octanol–water partition coefficient (Wildman–Crippen LogP) is 3.20. The average Bonchev–Trinajstić information content (AvgIpc) is 3.37. The molecule has 4 heteroatoms. The largest absolute Gasteiger partial charge is 0.497 e. The maximum Gasteiger partial charge on any atom is 0.253 e. The van der Waals surface area contributed by atoms with Gasteiger partial charge in [-0.1, -0.05) is 24.3 Å². The second-order valence-corrected chi connectivity index (χ2v) is 5.50. The first-order valence-corrected chi connectivity index (χ1v) is 7.53. The molecule has 1 amide bonds. The van der Waals surface area contributed by atoms with Crippen molar-refractivity contribution < 1.29 is 9.53 Å². The maximum atomic E-state index is 12.3. The third-order valence-corrected chi connectivity index (χ3v) is 3.70. The van der Waals surface area contributed by atoms with E-state index in [1.54, 1.807) is 7.11 Å². The summed E-state index contributed by atoms with van der Waals surface area (Å²) in [7, 11) is 1.66. The molecule has 2 aromatic carbocycles. The Morgan fingerprint density at radius 2 is 2.00 bits per heavy atom. The van der Waals surface area contributed by atoms with E-state index in [4.69, 9.17) is 4.74 Å². The third kappa shape index (κ3) is 3.58. The van der Waals surface area contributed by atoms with Crippen LogP contribution in [0.25, 0.3) is 0 Å². The van der Waals surface area contributed by atoms with Crippen molar-refractivity contribution in [3.63, 3.8) is 0 Å². The first kappa shape index (κ1) is 14.4. The Hall–Kier alpha value is -2.49. The van der Waals surface area contributed by atoms with Gasteiger partial charge in [-0.15, -0.1) is 0 Å². The van der Waals surface area contributed by atoms with Crippen molar-refractivity contribution in [1.82, 2.24) is 5.32 Å². The average molecular weight is 296 g/mol. The molecule has 2 aromatic rings. The van der Waals surface area contributed by atoms with E-state index in [0.717, 1.165) is 29.8 Å². The fourth-order valence-electron chi connectivity index (χ4n) is 2.31. The molecule has 0 aromatic heterocycles. The molecule has 0 saturated heterocycles. The van der Waals surface area contributed by atoms with Crippen LogP contribution in [0.1, 0.15) is 28.8 Å². The van der Waals surface area contributed by atoms with E-state index in [9.17, 15) is 4.79 Å². The van der Waals surface area contributed by atoms with Gasteiger partial charge in [-0.25, -0.2) is 0 Å². The first-order chi connectivity index (χ1) is 10.8. The topological polar surface area (TPSA) is 50.4 Å². The zero-order valence-corrected chi connectivity index (χ0v) is 12.6. The van der Waals surface area contributed by atoms with Crippen LogP contribution in [0.2, 0.25) is 0 Å². The number of rotatable bonds is 6. The summed E-state index contributed by atoms with van der Waals surface area (Å²) in [5.74, 6) is 0.829. The molecule has 4 nitrogen and oxygen atoms in total. The molecule has 1 aliphatic carbocycles.